The molecule has 2 amide bonds. The highest BCUT2D eigenvalue weighted by Gasteiger charge is 2.62. The standard InChI is InChI=1S/C46H60N2O12/c1-29-33-17-15-31(13-11-23-45(3)41(59-45)39(33)57-43(29)53)27-55-37(51)21-19-35(49)47-25-9-7-5-6-8-10-26-48-36(50)20-22-38(52)56-28-32-14-12-24-46(4)42(60-46)40-34(18-16-32)30(2)44(54)58-40/h13-14,19-22,33-34,39-42H,1-2,5-12,15-18,23-28H2,3-4H3,(H,47,49)(H,48,50)/b21-19+,22-20+,31-13+,32-14+/t33-,34-,39-,40-,41-,42-,45+,46+/m0/s1. The van der Waals surface area contributed by atoms with Crippen LogP contribution in [0.4, 0.5) is 0 Å². The minimum atomic E-state index is -0.606. The predicted octanol–water partition coefficient (Wildman–Crippen LogP) is 5.27. The summed E-state index contributed by atoms with van der Waals surface area (Å²) < 4.78 is 33.9. The predicted molar refractivity (Wildman–Crippen MR) is 219 cm³/mol. The van der Waals surface area contributed by atoms with Gasteiger partial charge in [-0.05, 0) is 89.2 Å². The van der Waals surface area contributed by atoms with Crippen molar-refractivity contribution < 1.29 is 57.2 Å². The molecule has 0 radical (unpaired) electrons. The SMILES string of the molecule is C=C1C(=O)O[C@H]2[C@H]1CC/C(COC(=O)/C=C/C(=O)NCCCCCCCCNC(=O)/C=C/C(=O)OC/C1=C/CC[C@@]3(C)O[C@H]3[C@H]3OC(=O)C(=C)[C@@H]3CC1)=C\CC[C@@]1(C)O[C@@H]21. The maximum atomic E-state index is 12.4. The van der Waals surface area contributed by atoms with Crippen LogP contribution >= 0.6 is 0 Å². The lowest BCUT2D eigenvalue weighted by molar-refractivity contribution is -0.140. The number of ether oxygens (including phenoxy) is 6. The average Bonchev–Trinajstić information content (AvgIpc) is 4.03. The summed E-state index contributed by atoms with van der Waals surface area (Å²) in [4.78, 5) is 73.5. The summed E-state index contributed by atoms with van der Waals surface area (Å²) >= 11 is 0. The number of esters is 4. The molecule has 0 spiro atoms. The molecule has 4 fully saturated rings. The lowest BCUT2D eigenvalue weighted by atomic mass is 9.84. The normalized spacial score (nSPS) is 32.8. The molecule has 0 aromatic carbocycles. The van der Waals surface area contributed by atoms with E-state index in [9.17, 15) is 28.8 Å². The first-order valence-corrected chi connectivity index (χ1v) is 21.5. The van der Waals surface area contributed by atoms with Crippen LogP contribution < -0.4 is 10.6 Å². The molecule has 6 aliphatic rings. The fraction of sp³-hybridized carbons (Fsp3) is 0.609. The van der Waals surface area contributed by atoms with E-state index in [0.717, 1.165) is 87.5 Å². The number of epoxide rings is 2. The second kappa shape index (κ2) is 20.2. The summed E-state index contributed by atoms with van der Waals surface area (Å²) in [6.07, 6.45) is 18.9. The smallest absolute Gasteiger partial charge is 0.334 e. The van der Waals surface area contributed by atoms with E-state index in [2.05, 4.69) is 35.9 Å². The van der Waals surface area contributed by atoms with Gasteiger partial charge in [-0.2, -0.15) is 0 Å². The minimum Gasteiger partial charge on any atom is -0.458 e. The molecule has 6 rings (SSSR count). The molecule has 2 N–H and O–H groups in total. The monoisotopic (exact) mass is 832 g/mol. The zero-order valence-electron chi connectivity index (χ0n) is 35.0. The van der Waals surface area contributed by atoms with Gasteiger partial charge >= 0.3 is 23.9 Å². The molecule has 0 unspecified atom stereocenters. The Balaban J connectivity index is 0.762. The number of amides is 2. The lowest BCUT2D eigenvalue weighted by Gasteiger charge is -2.20. The van der Waals surface area contributed by atoms with Gasteiger partial charge in [0.2, 0.25) is 11.8 Å². The number of rotatable bonds is 17. The third-order valence-corrected chi connectivity index (χ3v) is 12.6. The zero-order valence-corrected chi connectivity index (χ0v) is 35.0. The number of fused-ring (bicyclic) bond motifs is 6. The van der Waals surface area contributed by atoms with E-state index in [4.69, 9.17) is 28.4 Å². The van der Waals surface area contributed by atoms with E-state index in [1.165, 1.54) is 12.2 Å². The van der Waals surface area contributed by atoms with Crippen LogP contribution in [0, 0.1) is 11.8 Å². The number of nitrogens with one attached hydrogen (secondary N) is 2. The van der Waals surface area contributed by atoms with Crippen LogP contribution in [-0.4, -0.2) is 97.6 Å². The number of unbranched alkanes of at least 4 members (excludes halogenated alkanes) is 5. The maximum absolute atomic E-state index is 12.4. The summed E-state index contributed by atoms with van der Waals surface area (Å²) in [5, 5.41) is 5.58. The van der Waals surface area contributed by atoms with Crippen LogP contribution in [0.1, 0.15) is 104 Å². The van der Waals surface area contributed by atoms with E-state index in [0.29, 0.717) is 49.9 Å². The van der Waals surface area contributed by atoms with Crippen LogP contribution in [0.2, 0.25) is 0 Å². The quantitative estimate of drug-likeness (QED) is 0.0484. The largest absolute Gasteiger partial charge is 0.458 e. The van der Waals surface area contributed by atoms with Gasteiger partial charge in [0, 0.05) is 60.4 Å². The van der Waals surface area contributed by atoms with Crippen molar-refractivity contribution in [3.63, 3.8) is 0 Å². The van der Waals surface area contributed by atoms with Crippen molar-refractivity contribution in [1.82, 2.24) is 10.6 Å². The highest BCUT2D eigenvalue weighted by atomic mass is 16.7. The second-order valence-electron chi connectivity index (χ2n) is 17.2. The molecule has 0 saturated carbocycles. The second-order valence-corrected chi connectivity index (χ2v) is 17.2. The number of allylic oxidation sites excluding steroid dienone is 2. The van der Waals surface area contributed by atoms with Crippen LogP contribution in [0.25, 0.3) is 0 Å². The molecule has 8 atom stereocenters. The molecule has 14 heteroatoms. The Bertz CT molecular complexity index is 1700. The minimum absolute atomic E-state index is 0.101. The zero-order chi connectivity index (χ0) is 42.9. The first-order valence-electron chi connectivity index (χ1n) is 21.5. The van der Waals surface area contributed by atoms with Crippen molar-refractivity contribution in [1.29, 1.82) is 0 Å². The van der Waals surface area contributed by atoms with E-state index in [1.807, 2.05) is 13.8 Å². The number of hydrogen-bond acceptors (Lipinski definition) is 12. The Morgan fingerprint density at radius 2 is 1.07 bits per heavy atom. The molecule has 0 bridgehead atoms. The maximum Gasteiger partial charge on any atom is 0.334 e. The lowest BCUT2D eigenvalue weighted by Crippen LogP contribution is -2.29. The molecule has 14 nitrogen and oxygen atoms in total. The van der Waals surface area contributed by atoms with Crippen molar-refractivity contribution in [3.05, 3.63) is 71.9 Å². The van der Waals surface area contributed by atoms with E-state index < -0.39 is 11.9 Å². The molecule has 326 valence electrons. The van der Waals surface area contributed by atoms with Crippen LogP contribution in [0.5, 0.6) is 0 Å². The van der Waals surface area contributed by atoms with Gasteiger partial charge in [0.1, 0.15) is 37.6 Å². The van der Waals surface area contributed by atoms with Gasteiger partial charge in [-0.3, -0.25) is 9.59 Å². The third-order valence-electron chi connectivity index (χ3n) is 12.6. The van der Waals surface area contributed by atoms with Crippen molar-refractivity contribution >= 4 is 35.7 Å². The summed E-state index contributed by atoms with van der Waals surface area (Å²) in [6.45, 7) is 13.1. The Labute approximate surface area is 352 Å². The van der Waals surface area contributed by atoms with Crippen molar-refractivity contribution in [2.45, 2.75) is 139 Å². The molecule has 2 aliphatic carbocycles. The Morgan fingerprint density at radius 1 is 0.667 bits per heavy atom. The number of carbonyl (C=O) groups is 6. The van der Waals surface area contributed by atoms with E-state index >= 15 is 0 Å². The van der Waals surface area contributed by atoms with Gasteiger partial charge < -0.3 is 39.1 Å². The first kappa shape index (κ1) is 44.7. The summed E-state index contributed by atoms with van der Waals surface area (Å²) in [7, 11) is 0. The van der Waals surface area contributed by atoms with Crippen molar-refractivity contribution in [2.24, 2.45) is 11.8 Å². The van der Waals surface area contributed by atoms with Crippen molar-refractivity contribution in [2.75, 3.05) is 26.3 Å². The fourth-order valence-corrected chi connectivity index (χ4v) is 8.71. The highest BCUT2D eigenvalue weighted by Crippen LogP contribution is 2.51. The molecule has 0 aromatic rings. The van der Waals surface area contributed by atoms with Crippen LogP contribution in [0.3, 0.4) is 0 Å². The molecule has 0 aromatic heterocycles. The van der Waals surface area contributed by atoms with Gasteiger partial charge in [0.25, 0.3) is 0 Å². The summed E-state index contributed by atoms with van der Waals surface area (Å²) in [5.74, 6) is -2.96. The molecule has 4 saturated heterocycles. The number of carbonyl (C=O) groups excluding carboxylic acids is 6. The van der Waals surface area contributed by atoms with Gasteiger partial charge in [-0.25, -0.2) is 19.2 Å². The fourth-order valence-electron chi connectivity index (χ4n) is 8.71. The molecular formula is C46H60N2O12. The van der Waals surface area contributed by atoms with Gasteiger partial charge in [0.15, 0.2) is 0 Å². The Kier molecular flexibility index (Phi) is 15.0. The highest BCUT2D eigenvalue weighted by molar-refractivity contribution is 5.95. The molecule has 4 heterocycles. The topological polar surface area (TPSA) is 188 Å². The molecular weight excluding hydrogens is 773 g/mol. The van der Waals surface area contributed by atoms with Gasteiger partial charge in [-0.1, -0.05) is 51.0 Å². The molecule has 4 aliphatic heterocycles. The third kappa shape index (κ3) is 11.9. The van der Waals surface area contributed by atoms with Crippen LogP contribution in [-0.2, 0) is 57.2 Å². The number of hydrogen-bond donors (Lipinski definition) is 2. The average molecular weight is 833 g/mol. The Hall–Kier alpha value is -4.82. The van der Waals surface area contributed by atoms with E-state index in [1.54, 1.807) is 0 Å². The summed E-state index contributed by atoms with van der Waals surface area (Å²) in [5.41, 5.74) is 2.14. The van der Waals surface area contributed by atoms with Crippen molar-refractivity contribution in [3.8, 4) is 0 Å². The first-order chi connectivity index (χ1) is 28.8. The van der Waals surface area contributed by atoms with E-state index in [-0.39, 0.29) is 84.4 Å². The van der Waals surface area contributed by atoms with Gasteiger partial charge in [0.05, 0.1) is 11.2 Å². The van der Waals surface area contributed by atoms with Crippen LogP contribution in [0.15, 0.2) is 71.9 Å². The van der Waals surface area contributed by atoms with Gasteiger partial charge in [-0.15, -0.1) is 0 Å². The Morgan fingerprint density at radius 3 is 1.48 bits per heavy atom. The summed E-state index contributed by atoms with van der Waals surface area (Å²) in [6, 6.07) is 0. The molecule has 60 heavy (non-hydrogen) atoms.